The molecule has 1 aromatic carbocycles. The van der Waals surface area contributed by atoms with E-state index < -0.39 is 18.8 Å². The Morgan fingerprint density at radius 3 is 2.50 bits per heavy atom. The molecule has 0 aromatic heterocycles. The number of alkyl halides is 3. The van der Waals surface area contributed by atoms with E-state index in [-0.39, 0.29) is 6.54 Å². The van der Waals surface area contributed by atoms with E-state index >= 15 is 0 Å². The van der Waals surface area contributed by atoms with E-state index in [1.54, 1.807) is 13.0 Å². The highest BCUT2D eigenvalue weighted by Crippen LogP contribution is 2.29. The van der Waals surface area contributed by atoms with Crippen LogP contribution in [-0.4, -0.2) is 32.5 Å². The first kappa shape index (κ1) is 16.6. The average Bonchev–Trinajstić information content (AvgIpc) is 2.37. The molecular weight excluding hydrogens is 271 g/mol. The summed E-state index contributed by atoms with van der Waals surface area (Å²) >= 11 is 0. The van der Waals surface area contributed by atoms with Crippen LogP contribution in [0.4, 0.5) is 13.2 Å². The van der Waals surface area contributed by atoms with Gasteiger partial charge in [-0.05, 0) is 31.0 Å². The smallest absolute Gasteiger partial charge is 0.401 e. The number of benzene rings is 1. The third-order valence-corrected chi connectivity index (χ3v) is 2.72. The normalized spacial score (nSPS) is 13.1. The molecule has 0 aliphatic rings. The molecular formula is C14H20F3NO2. The molecule has 0 fully saturated rings. The van der Waals surface area contributed by atoms with Crippen molar-refractivity contribution in [1.29, 1.82) is 0 Å². The predicted octanol–water partition coefficient (Wildman–Crippen LogP) is 3.18. The van der Waals surface area contributed by atoms with Gasteiger partial charge in [-0.25, -0.2) is 0 Å². The monoisotopic (exact) mass is 291 g/mol. The number of ether oxygens (including phenoxy) is 2. The molecule has 1 N–H and O–H groups in total. The van der Waals surface area contributed by atoms with Gasteiger partial charge in [-0.1, -0.05) is 13.0 Å². The first-order valence-corrected chi connectivity index (χ1v) is 6.46. The summed E-state index contributed by atoms with van der Waals surface area (Å²) in [5.74, 6) is 1.12. The molecule has 1 aromatic rings. The molecule has 0 saturated carbocycles. The van der Waals surface area contributed by atoms with E-state index in [2.05, 4.69) is 5.32 Å². The Morgan fingerprint density at radius 1 is 1.25 bits per heavy atom. The van der Waals surface area contributed by atoms with Crippen molar-refractivity contribution in [3.8, 4) is 11.5 Å². The van der Waals surface area contributed by atoms with E-state index in [9.17, 15) is 13.2 Å². The first-order valence-electron chi connectivity index (χ1n) is 6.46. The van der Waals surface area contributed by atoms with Crippen LogP contribution < -0.4 is 14.8 Å². The van der Waals surface area contributed by atoms with E-state index in [1.807, 2.05) is 19.1 Å². The lowest BCUT2D eigenvalue weighted by atomic mass is 10.1. The summed E-state index contributed by atoms with van der Waals surface area (Å²) in [7, 11) is 1.54. The summed E-state index contributed by atoms with van der Waals surface area (Å²) in [5.41, 5.74) is 1.11. The van der Waals surface area contributed by atoms with Gasteiger partial charge in [-0.3, -0.25) is 0 Å². The lowest BCUT2D eigenvalue weighted by Crippen LogP contribution is -2.35. The molecule has 0 saturated heterocycles. The lowest BCUT2D eigenvalue weighted by Gasteiger charge is -2.18. The van der Waals surface area contributed by atoms with Crippen LogP contribution in [0.5, 0.6) is 11.5 Å². The Morgan fingerprint density at radius 2 is 1.95 bits per heavy atom. The van der Waals surface area contributed by atoms with Crippen LogP contribution in [0.25, 0.3) is 0 Å². The highest BCUT2D eigenvalue weighted by Gasteiger charge is 2.26. The highest BCUT2D eigenvalue weighted by molar-refractivity contribution is 5.43. The molecule has 20 heavy (non-hydrogen) atoms. The van der Waals surface area contributed by atoms with Gasteiger partial charge in [0.05, 0.1) is 13.7 Å². The Labute approximate surface area is 117 Å². The van der Waals surface area contributed by atoms with Gasteiger partial charge in [0, 0.05) is 6.54 Å². The molecule has 1 atom stereocenters. The summed E-state index contributed by atoms with van der Waals surface area (Å²) in [4.78, 5) is 0. The minimum absolute atomic E-state index is 0.109. The van der Waals surface area contributed by atoms with Gasteiger partial charge in [0.1, 0.15) is 6.10 Å². The van der Waals surface area contributed by atoms with Crippen molar-refractivity contribution in [2.24, 2.45) is 0 Å². The predicted molar refractivity (Wildman–Crippen MR) is 71.4 cm³/mol. The van der Waals surface area contributed by atoms with Crippen LogP contribution in [0.3, 0.4) is 0 Å². The number of methoxy groups -OCH3 is 1. The number of aryl methyl sites for hydroxylation is 1. The van der Waals surface area contributed by atoms with Crippen LogP contribution in [-0.2, 0) is 6.42 Å². The van der Waals surface area contributed by atoms with E-state index in [0.717, 1.165) is 12.0 Å². The van der Waals surface area contributed by atoms with Gasteiger partial charge in [0.25, 0.3) is 0 Å². The zero-order valence-corrected chi connectivity index (χ0v) is 11.9. The first-order chi connectivity index (χ1) is 9.35. The molecule has 0 aliphatic carbocycles. The van der Waals surface area contributed by atoms with Crippen molar-refractivity contribution >= 4 is 0 Å². The summed E-state index contributed by atoms with van der Waals surface area (Å²) < 4.78 is 46.9. The van der Waals surface area contributed by atoms with Gasteiger partial charge < -0.3 is 14.8 Å². The zero-order chi connectivity index (χ0) is 15.2. The Balaban J connectivity index is 2.55. The second-order valence-corrected chi connectivity index (χ2v) is 4.51. The summed E-state index contributed by atoms with van der Waals surface area (Å²) in [6, 6.07) is 5.55. The highest BCUT2D eigenvalue weighted by atomic mass is 19.4. The van der Waals surface area contributed by atoms with Crippen molar-refractivity contribution in [3.05, 3.63) is 23.8 Å². The molecule has 114 valence electrons. The second kappa shape index (κ2) is 7.38. The summed E-state index contributed by atoms with van der Waals surface area (Å²) in [5, 5.41) is 2.31. The lowest BCUT2D eigenvalue weighted by molar-refractivity contribution is -0.125. The molecule has 3 nitrogen and oxygen atoms in total. The van der Waals surface area contributed by atoms with Crippen molar-refractivity contribution in [2.75, 3.05) is 20.2 Å². The van der Waals surface area contributed by atoms with Crippen molar-refractivity contribution in [3.63, 3.8) is 0 Å². The molecule has 1 unspecified atom stereocenters. The fraction of sp³-hybridized carbons (Fsp3) is 0.571. The minimum atomic E-state index is -4.21. The maximum Gasteiger partial charge on any atom is 0.401 e. The topological polar surface area (TPSA) is 30.5 Å². The third-order valence-electron chi connectivity index (χ3n) is 2.72. The molecule has 0 radical (unpaired) electrons. The number of rotatable bonds is 7. The number of hydrogen-bond donors (Lipinski definition) is 1. The van der Waals surface area contributed by atoms with Gasteiger partial charge in [0.15, 0.2) is 11.5 Å². The minimum Gasteiger partial charge on any atom is -0.493 e. The van der Waals surface area contributed by atoms with Gasteiger partial charge in [-0.15, -0.1) is 0 Å². The molecule has 6 heteroatoms. The molecule has 1 rings (SSSR count). The Hall–Kier alpha value is -1.43. The third kappa shape index (κ3) is 5.69. The standard InChI is InChI=1S/C14H20F3NO2/c1-4-11-5-6-12(13(7-11)19-3)20-10(2)8-18-9-14(15,16)17/h5-7,10,18H,4,8-9H2,1-3H3. The SMILES string of the molecule is CCc1ccc(OC(C)CNCC(F)(F)F)c(OC)c1. The molecule has 0 aliphatic heterocycles. The summed E-state index contributed by atoms with van der Waals surface area (Å²) in [6.45, 7) is 2.82. The maximum atomic E-state index is 12.0. The van der Waals surface area contributed by atoms with Crippen molar-refractivity contribution in [1.82, 2.24) is 5.32 Å². The fourth-order valence-corrected chi connectivity index (χ4v) is 1.70. The number of nitrogens with one attached hydrogen (secondary N) is 1. The zero-order valence-electron chi connectivity index (χ0n) is 11.9. The van der Waals surface area contributed by atoms with Gasteiger partial charge in [0.2, 0.25) is 0 Å². The quantitative estimate of drug-likeness (QED) is 0.837. The van der Waals surface area contributed by atoms with Crippen LogP contribution in [0, 0.1) is 0 Å². The number of hydrogen-bond acceptors (Lipinski definition) is 3. The molecule has 0 bridgehead atoms. The van der Waals surface area contributed by atoms with Crippen LogP contribution in [0.15, 0.2) is 18.2 Å². The number of halogens is 3. The van der Waals surface area contributed by atoms with E-state index in [1.165, 1.54) is 7.11 Å². The van der Waals surface area contributed by atoms with Crippen LogP contribution >= 0.6 is 0 Å². The fourth-order valence-electron chi connectivity index (χ4n) is 1.70. The van der Waals surface area contributed by atoms with E-state index in [0.29, 0.717) is 11.5 Å². The van der Waals surface area contributed by atoms with E-state index in [4.69, 9.17) is 9.47 Å². The molecule has 0 amide bonds. The van der Waals surface area contributed by atoms with Gasteiger partial charge in [-0.2, -0.15) is 13.2 Å². The largest absolute Gasteiger partial charge is 0.493 e. The van der Waals surface area contributed by atoms with Crippen LogP contribution in [0.2, 0.25) is 0 Å². The average molecular weight is 291 g/mol. The van der Waals surface area contributed by atoms with Gasteiger partial charge >= 0.3 is 6.18 Å². The van der Waals surface area contributed by atoms with Crippen molar-refractivity contribution in [2.45, 2.75) is 32.5 Å². The molecule has 0 spiro atoms. The summed E-state index contributed by atoms with van der Waals surface area (Å²) in [6.07, 6.45) is -3.72. The molecule has 0 heterocycles. The Kier molecular flexibility index (Phi) is 6.13. The maximum absolute atomic E-state index is 12.0. The van der Waals surface area contributed by atoms with Crippen molar-refractivity contribution < 1.29 is 22.6 Å². The van der Waals surface area contributed by atoms with Crippen LogP contribution in [0.1, 0.15) is 19.4 Å². The second-order valence-electron chi connectivity index (χ2n) is 4.51. The Bertz CT molecular complexity index is 421.